The number of hydrogen-bond donors (Lipinski definition) is 1. The molecule has 0 aliphatic rings. The highest BCUT2D eigenvalue weighted by Crippen LogP contribution is 2.30. The first-order valence-corrected chi connectivity index (χ1v) is 8.67. The van der Waals surface area contributed by atoms with Crippen LogP contribution in [0.15, 0.2) is 40.9 Å². The van der Waals surface area contributed by atoms with E-state index in [0.29, 0.717) is 29.6 Å². The summed E-state index contributed by atoms with van der Waals surface area (Å²) < 4.78 is 11.8. The summed E-state index contributed by atoms with van der Waals surface area (Å²) in [5, 5.41) is 2.99. The van der Waals surface area contributed by atoms with Crippen molar-refractivity contribution < 1.29 is 14.3 Å². The zero-order valence-corrected chi connectivity index (χ0v) is 15.9. The number of carbonyl (C=O) groups is 1. The molecule has 1 amide bonds. The van der Waals surface area contributed by atoms with Crippen LogP contribution in [0.1, 0.15) is 42.6 Å². The molecular formula is C19H22BrNO3. The van der Waals surface area contributed by atoms with Crippen LogP contribution in [0.5, 0.6) is 11.5 Å². The van der Waals surface area contributed by atoms with Gasteiger partial charge in [0.15, 0.2) is 11.5 Å². The SMILES string of the molecule is CCOc1cc(C(=O)Nc2ccc(Br)cc2C(C)C)ccc1OC. The normalized spacial score (nSPS) is 10.6. The Morgan fingerprint density at radius 1 is 1.17 bits per heavy atom. The maximum Gasteiger partial charge on any atom is 0.255 e. The Labute approximate surface area is 151 Å². The maximum absolute atomic E-state index is 12.6. The number of nitrogens with one attached hydrogen (secondary N) is 1. The molecule has 1 N–H and O–H groups in total. The van der Waals surface area contributed by atoms with Gasteiger partial charge in [-0.1, -0.05) is 29.8 Å². The first-order chi connectivity index (χ1) is 11.5. The molecule has 0 radical (unpaired) electrons. The summed E-state index contributed by atoms with van der Waals surface area (Å²) in [6.45, 7) is 6.59. The van der Waals surface area contributed by atoms with E-state index in [4.69, 9.17) is 9.47 Å². The molecule has 2 aromatic carbocycles. The fourth-order valence-corrected chi connectivity index (χ4v) is 2.78. The van der Waals surface area contributed by atoms with Gasteiger partial charge in [-0.2, -0.15) is 0 Å². The van der Waals surface area contributed by atoms with E-state index in [1.54, 1.807) is 25.3 Å². The van der Waals surface area contributed by atoms with Crippen molar-refractivity contribution in [1.82, 2.24) is 0 Å². The summed E-state index contributed by atoms with van der Waals surface area (Å²) in [6, 6.07) is 11.0. The second-order valence-electron chi connectivity index (χ2n) is 5.64. The first-order valence-electron chi connectivity index (χ1n) is 7.87. The minimum absolute atomic E-state index is 0.178. The zero-order valence-electron chi connectivity index (χ0n) is 14.4. The molecule has 2 rings (SSSR count). The van der Waals surface area contributed by atoms with E-state index in [1.807, 2.05) is 25.1 Å². The van der Waals surface area contributed by atoms with E-state index >= 15 is 0 Å². The standard InChI is InChI=1S/C19H22BrNO3/c1-5-24-18-10-13(6-9-17(18)23-4)19(22)21-16-8-7-14(20)11-15(16)12(2)3/h6-12H,5H2,1-4H3,(H,21,22). The van der Waals surface area contributed by atoms with Crippen molar-refractivity contribution in [2.45, 2.75) is 26.7 Å². The van der Waals surface area contributed by atoms with Crippen LogP contribution < -0.4 is 14.8 Å². The van der Waals surface area contributed by atoms with Crippen molar-refractivity contribution in [3.05, 3.63) is 52.0 Å². The molecule has 0 heterocycles. The van der Waals surface area contributed by atoms with E-state index in [0.717, 1.165) is 15.7 Å². The Morgan fingerprint density at radius 3 is 2.54 bits per heavy atom. The van der Waals surface area contributed by atoms with Crippen LogP contribution in [0.2, 0.25) is 0 Å². The van der Waals surface area contributed by atoms with Crippen molar-refractivity contribution in [3.63, 3.8) is 0 Å². The van der Waals surface area contributed by atoms with Gasteiger partial charge in [-0.25, -0.2) is 0 Å². The molecule has 0 aliphatic carbocycles. The third-order valence-corrected chi connectivity index (χ3v) is 4.10. The summed E-state index contributed by atoms with van der Waals surface area (Å²) in [5.74, 6) is 1.29. The lowest BCUT2D eigenvalue weighted by Gasteiger charge is -2.15. The number of amides is 1. The maximum atomic E-state index is 12.6. The van der Waals surface area contributed by atoms with Gasteiger partial charge in [0.05, 0.1) is 13.7 Å². The lowest BCUT2D eigenvalue weighted by Crippen LogP contribution is -2.14. The molecule has 0 atom stereocenters. The van der Waals surface area contributed by atoms with E-state index in [2.05, 4.69) is 35.1 Å². The van der Waals surface area contributed by atoms with Gasteiger partial charge in [-0.15, -0.1) is 0 Å². The number of carbonyl (C=O) groups excluding carboxylic acids is 1. The second-order valence-corrected chi connectivity index (χ2v) is 6.55. The Bertz CT molecular complexity index is 729. The topological polar surface area (TPSA) is 47.6 Å². The van der Waals surface area contributed by atoms with E-state index in [-0.39, 0.29) is 5.91 Å². The Kier molecular flexibility index (Phi) is 6.26. The molecule has 0 fully saturated rings. The van der Waals surface area contributed by atoms with Gasteiger partial charge in [0.1, 0.15) is 0 Å². The lowest BCUT2D eigenvalue weighted by atomic mass is 10.0. The molecule has 5 heteroatoms. The number of rotatable bonds is 6. The highest BCUT2D eigenvalue weighted by atomic mass is 79.9. The number of anilines is 1. The average Bonchev–Trinajstić information content (AvgIpc) is 2.56. The van der Waals surface area contributed by atoms with Gasteiger partial charge in [-0.3, -0.25) is 4.79 Å². The summed E-state index contributed by atoms with van der Waals surface area (Å²) in [4.78, 5) is 12.6. The van der Waals surface area contributed by atoms with Crippen molar-refractivity contribution in [3.8, 4) is 11.5 Å². The molecule has 4 nitrogen and oxygen atoms in total. The second kappa shape index (κ2) is 8.20. The van der Waals surface area contributed by atoms with Gasteiger partial charge >= 0.3 is 0 Å². The highest BCUT2D eigenvalue weighted by molar-refractivity contribution is 9.10. The van der Waals surface area contributed by atoms with Crippen LogP contribution in [-0.4, -0.2) is 19.6 Å². The molecule has 0 aromatic heterocycles. The predicted molar refractivity (Wildman–Crippen MR) is 100 cm³/mol. The monoisotopic (exact) mass is 391 g/mol. The smallest absolute Gasteiger partial charge is 0.255 e. The third kappa shape index (κ3) is 4.29. The Morgan fingerprint density at radius 2 is 1.92 bits per heavy atom. The van der Waals surface area contributed by atoms with Crippen LogP contribution in [-0.2, 0) is 0 Å². The van der Waals surface area contributed by atoms with Gasteiger partial charge in [0, 0.05) is 15.7 Å². The summed E-state index contributed by atoms with van der Waals surface area (Å²) in [5.41, 5.74) is 2.42. The van der Waals surface area contributed by atoms with Crippen LogP contribution >= 0.6 is 15.9 Å². The Balaban J connectivity index is 2.29. The highest BCUT2D eigenvalue weighted by Gasteiger charge is 2.14. The van der Waals surface area contributed by atoms with E-state index in [1.165, 1.54) is 0 Å². The minimum Gasteiger partial charge on any atom is -0.493 e. The van der Waals surface area contributed by atoms with E-state index < -0.39 is 0 Å². The number of halogens is 1. The van der Waals surface area contributed by atoms with E-state index in [9.17, 15) is 4.79 Å². The van der Waals surface area contributed by atoms with Gasteiger partial charge < -0.3 is 14.8 Å². The van der Waals surface area contributed by atoms with Crippen LogP contribution in [0, 0.1) is 0 Å². The fraction of sp³-hybridized carbons (Fsp3) is 0.316. The summed E-state index contributed by atoms with van der Waals surface area (Å²) in [7, 11) is 1.58. The van der Waals surface area contributed by atoms with Crippen molar-refractivity contribution in [1.29, 1.82) is 0 Å². The zero-order chi connectivity index (χ0) is 17.7. The van der Waals surface area contributed by atoms with Crippen LogP contribution in [0.3, 0.4) is 0 Å². The predicted octanol–water partition coefficient (Wildman–Crippen LogP) is 5.23. The fourth-order valence-electron chi connectivity index (χ4n) is 2.41. The van der Waals surface area contributed by atoms with Gasteiger partial charge in [-0.05, 0) is 54.8 Å². The lowest BCUT2D eigenvalue weighted by molar-refractivity contribution is 0.102. The van der Waals surface area contributed by atoms with Gasteiger partial charge in [0.25, 0.3) is 5.91 Å². The van der Waals surface area contributed by atoms with Gasteiger partial charge in [0.2, 0.25) is 0 Å². The molecule has 0 spiro atoms. The molecular weight excluding hydrogens is 370 g/mol. The molecule has 0 saturated carbocycles. The number of ether oxygens (including phenoxy) is 2. The summed E-state index contributed by atoms with van der Waals surface area (Å²) >= 11 is 3.48. The molecule has 0 aliphatic heterocycles. The first kappa shape index (κ1) is 18.3. The molecule has 0 bridgehead atoms. The van der Waals surface area contributed by atoms with Crippen molar-refractivity contribution >= 4 is 27.5 Å². The number of benzene rings is 2. The number of hydrogen-bond acceptors (Lipinski definition) is 3. The van der Waals surface area contributed by atoms with Crippen molar-refractivity contribution in [2.75, 3.05) is 19.0 Å². The summed E-state index contributed by atoms with van der Waals surface area (Å²) in [6.07, 6.45) is 0. The molecule has 0 unspecified atom stereocenters. The van der Waals surface area contributed by atoms with Crippen molar-refractivity contribution in [2.24, 2.45) is 0 Å². The van der Waals surface area contributed by atoms with Crippen LogP contribution in [0.4, 0.5) is 5.69 Å². The molecule has 24 heavy (non-hydrogen) atoms. The molecule has 2 aromatic rings. The molecule has 0 saturated heterocycles. The Hall–Kier alpha value is -2.01. The molecule has 128 valence electrons. The minimum atomic E-state index is -0.178. The number of methoxy groups -OCH3 is 1. The third-order valence-electron chi connectivity index (χ3n) is 3.61. The quantitative estimate of drug-likeness (QED) is 0.732. The van der Waals surface area contributed by atoms with Crippen LogP contribution in [0.25, 0.3) is 0 Å². The average molecular weight is 392 g/mol. The largest absolute Gasteiger partial charge is 0.493 e.